The summed E-state index contributed by atoms with van der Waals surface area (Å²) >= 11 is 3.31. The molecule has 0 fully saturated rings. The van der Waals surface area contributed by atoms with E-state index in [1.54, 1.807) is 30.0 Å². The molecule has 0 aliphatic heterocycles. The Morgan fingerprint density at radius 1 is 1.79 bits per heavy atom. The van der Waals surface area contributed by atoms with Gasteiger partial charge in [-0.15, -0.1) is 11.3 Å². The summed E-state index contributed by atoms with van der Waals surface area (Å²) in [4.78, 5) is 15.9. The molecule has 78 valence electrons. The minimum Gasteiger partial charge on any atom is -0.481 e. The predicted molar refractivity (Wildman–Crippen MR) is 59.8 cm³/mol. The Hall–Kier alpha value is -0.550. The second-order valence-corrected chi connectivity index (χ2v) is 5.45. The van der Waals surface area contributed by atoms with E-state index in [0.717, 1.165) is 10.8 Å². The molecular weight excluding hydrogens is 218 g/mol. The molecule has 0 aliphatic rings. The standard InChI is InChI=1S/C9H13NO2S2/c1-6(9(11)12)4-13-5-8-3-10-7(2)14-8/h3,6H,4-5H2,1-2H3,(H,11,12). The Bertz CT molecular complexity index is 312. The third-order valence-corrected chi connectivity index (χ3v) is 4.05. The van der Waals surface area contributed by atoms with Crippen molar-refractivity contribution in [2.75, 3.05) is 5.75 Å². The summed E-state index contributed by atoms with van der Waals surface area (Å²) in [6.07, 6.45) is 1.86. The second kappa shape index (κ2) is 5.36. The number of carboxylic acid groups (broad SMARTS) is 1. The van der Waals surface area contributed by atoms with Crippen LogP contribution in [-0.4, -0.2) is 21.8 Å². The molecule has 1 atom stereocenters. The molecule has 0 saturated heterocycles. The maximum atomic E-state index is 10.5. The van der Waals surface area contributed by atoms with Gasteiger partial charge in [0.25, 0.3) is 0 Å². The summed E-state index contributed by atoms with van der Waals surface area (Å²) in [6, 6.07) is 0. The van der Waals surface area contributed by atoms with E-state index in [-0.39, 0.29) is 5.92 Å². The van der Waals surface area contributed by atoms with Gasteiger partial charge in [0.1, 0.15) is 0 Å². The molecule has 1 N–H and O–H groups in total. The van der Waals surface area contributed by atoms with Gasteiger partial charge in [-0.05, 0) is 6.92 Å². The van der Waals surface area contributed by atoms with E-state index in [0.29, 0.717) is 5.75 Å². The maximum absolute atomic E-state index is 10.5. The first-order valence-corrected chi connectivity index (χ1v) is 6.28. The molecule has 0 saturated carbocycles. The number of thiazole rings is 1. The van der Waals surface area contributed by atoms with Gasteiger partial charge in [-0.1, -0.05) is 6.92 Å². The van der Waals surface area contributed by atoms with Gasteiger partial charge in [-0.25, -0.2) is 4.98 Å². The van der Waals surface area contributed by atoms with Gasteiger partial charge < -0.3 is 5.11 Å². The molecule has 0 aromatic carbocycles. The van der Waals surface area contributed by atoms with Crippen LogP contribution in [-0.2, 0) is 10.5 Å². The highest BCUT2D eigenvalue weighted by Gasteiger charge is 2.10. The summed E-state index contributed by atoms with van der Waals surface area (Å²) in [5.41, 5.74) is 0. The Labute approximate surface area is 91.6 Å². The fourth-order valence-corrected chi connectivity index (χ4v) is 2.85. The van der Waals surface area contributed by atoms with Crippen LogP contribution in [0, 0.1) is 12.8 Å². The molecule has 1 aromatic rings. The summed E-state index contributed by atoms with van der Waals surface area (Å²) < 4.78 is 0. The van der Waals surface area contributed by atoms with Gasteiger partial charge in [-0.3, -0.25) is 4.79 Å². The quantitative estimate of drug-likeness (QED) is 0.845. The smallest absolute Gasteiger partial charge is 0.307 e. The third-order valence-electron chi connectivity index (χ3n) is 1.70. The van der Waals surface area contributed by atoms with Crippen LogP contribution in [0.1, 0.15) is 16.8 Å². The number of carboxylic acids is 1. The lowest BCUT2D eigenvalue weighted by molar-refractivity contribution is -0.140. The van der Waals surface area contributed by atoms with Gasteiger partial charge in [0.2, 0.25) is 0 Å². The largest absolute Gasteiger partial charge is 0.481 e. The Kier molecular flexibility index (Phi) is 4.41. The first-order chi connectivity index (χ1) is 6.59. The van der Waals surface area contributed by atoms with Crippen molar-refractivity contribution in [1.82, 2.24) is 4.98 Å². The van der Waals surface area contributed by atoms with E-state index in [4.69, 9.17) is 5.11 Å². The van der Waals surface area contributed by atoms with E-state index in [1.165, 1.54) is 4.88 Å². The summed E-state index contributed by atoms with van der Waals surface area (Å²) in [6.45, 7) is 3.70. The van der Waals surface area contributed by atoms with Gasteiger partial charge in [0, 0.05) is 22.6 Å². The minimum absolute atomic E-state index is 0.269. The lowest BCUT2D eigenvalue weighted by Gasteiger charge is -2.03. The summed E-state index contributed by atoms with van der Waals surface area (Å²) in [5.74, 6) is 0.530. The fraction of sp³-hybridized carbons (Fsp3) is 0.556. The Balaban J connectivity index is 2.25. The van der Waals surface area contributed by atoms with Gasteiger partial charge in [-0.2, -0.15) is 11.8 Å². The lowest BCUT2D eigenvalue weighted by atomic mass is 10.2. The third kappa shape index (κ3) is 3.67. The molecule has 14 heavy (non-hydrogen) atoms. The van der Waals surface area contributed by atoms with Crippen LogP contribution in [0.2, 0.25) is 0 Å². The number of aromatic nitrogens is 1. The van der Waals surface area contributed by atoms with Crippen molar-refractivity contribution in [3.8, 4) is 0 Å². The van der Waals surface area contributed by atoms with E-state index in [9.17, 15) is 4.79 Å². The number of rotatable bonds is 5. The minimum atomic E-state index is -0.724. The van der Waals surface area contributed by atoms with Gasteiger partial charge in [0.15, 0.2) is 0 Å². The first kappa shape index (κ1) is 11.5. The van der Waals surface area contributed by atoms with Crippen LogP contribution >= 0.6 is 23.1 Å². The maximum Gasteiger partial charge on any atom is 0.307 e. The van der Waals surface area contributed by atoms with E-state index in [1.807, 2.05) is 13.1 Å². The molecule has 1 aromatic heterocycles. The van der Waals surface area contributed by atoms with Gasteiger partial charge in [0.05, 0.1) is 10.9 Å². The zero-order valence-electron chi connectivity index (χ0n) is 8.19. The summed E-state index contributed by atoms with van der Waals surface area (Å²) in [7, 11) is 0. The molecule has 0 bridgehead atoms. The van der Waals surface area contributed by atoms with E-state index >= 15 is 0 Å². The summed E-state index contributed by atoms with van der Waals surface area (Å²) in [5, 5.41) is 9.72. The van der Waals surface area contributed by atoms with Crippen molar-refractivity contribution in [3.05, 3.63) is 16.1 Å². The fourth-order valence-electron chi connectivity index (χ4n) is 0.880. The number of nitrogens with zero attached hydrogens (tertiary/aromatic N) is 1. The number of aliphatic carboxylic acids is 1. The average molecular weight is 231 g/mol. The van der Waals surface area contributed by atoms with E-state index in [2.05, 4.69) is 4.98 Å². The Morgan fingerprint density at radius 3 is 3.00 bits per heavy atom. The van der Waals surface area contributed by atoms with Crippen LogP contribution < -0.4 is 0 Å². The average Bonchev–Trinajstić information content (AvgIpc) is 2.51. The normalized spacial score (nSPS) is 12.7. The van der Waals surface area contributed by atoms with Crippen molar-refractivity contribution in [3.63, 3.8) is 0 Å². The number of aryl methyl sites for hydroxylation is 1. The molecular formula is C9H13NO2S2. The number of hydrogen-bond donors (Lipinski definition) is 1. The van der Waals surface area contributed by atoms with Crippen LogP contribution in [0.15, 0.2) is 6.20 Å². The topological polar surface area (TPSA) is 50.2 Å². The SMILES string of the molecule is Cc1ncc(CSCC(C)C(=O)O)s1. The molecule has 5 heteroatoms. The van der Waals surface area contributed by atoms with Crippen molar-refractivity contribution < 1.29 is 9.90 Å². The van der Waals surface area contributed by atoms with Crippen molar-refractivity contribution in [2.24, 2.45) is 5.92 Å². The first-order valence-electron chi connectivity index (χ1n) is 4.31. The number of carbonyl (C=O) groups is 1. The Morgan fingerprint density at radius 2 is 2.50 bits per heavy atom. The predicted octanol–water partition coefficient (Wildman–Crippen LogP) is 2.41. The highest BCUT2D eigenvalue weighted by atomic mass is 32.2. The molecule has 1 heterocycles. The molecule has 0 amide bonds. The molecule has 1 unspecified atom stereocenters. The zero-order valence-corrected chi connectivity index (χ0v) is 9.82. The monoisotopic (exact) mass is 231 g/mol. The zero-order chi connectivity index (χ0) is 10.6. The van der Waals surface area contributed by atoms with Crippen molar-refractivity contribution >= 4 is 29.1 Å². The van der Waals surface area contributed by atoms with E-state index < -0.39 is 5.97 Å². The highest BCUT2D eigenvalue weighted by molar-refractivity contribution is 7.98. The number of thioether (sulfide) groups is 1. The second-order valence-electron chi connectivity index (χ2n) is 3.10. The van der Waals surface area contributed by atoms with Crippen LogP contribution in [0.4, 0.5) is 0 Å². The molecule has 0 spiro atoms. The van der Waals surface area contributed by atoms with Crippen LogP contribution in [0.5, 0.6) is 0 Å². The van der Waals surface area contributed by atoms with Gasteiger partial charge >= 0.3 is 5.97 Å². The molecule has 0 radical (unpaired) electrons. The van der Waals surface area contributed by atoms with Crippen molar-refractivity contribution in [2.45, 2.75) is 19.6 Å². The number of hydrogen-bond acceptors (Lipinski definition) is 4. The lowest BCUT2D eigenvalue weighted by Crippen LogP contribution is -2.11. The molecule has 0 aliphatic carbocycles. The highest BCUT2D eigenvalue weighted by Crippen LogP contribution is 2.20. The molecule has 1 rings (SSSR count). The van der Waals surface area contributed by atoms with Crippen LogP contribution in [0.3, 0.4) is 0 Å². The van der Waals surface area contributed by atoms with Crippen LogP contribution in [0.25, 0.3) is 0 Å². The molecule has 3 nitrogen and oxygen atoms in total. The van der Waals surface area contributed by atoms with Crippen molar-refractivity contribution in [1.29, 1.82) is 0 Å².